The van der Waals surface area contributed by atoms with Gasteiger partial charge < -0.3 is 24.7 Å². The van der Waals surface area contributed by atoms with Gasteiger partial charge in [-0.05, 0) is 24.3 Å². The number of hydrogen-bond acceptors (Lipinski definition) is 5. The first-order valence-corrected chi connectivity index (χ1v) is 8.05. The summed E-state index contributed by atoms with van der Waals surface area (Å²) in [6.07, 6.45) is 0. The summed E-state index contributed by atoms with van der Waals surface area (Å²) in [6.45, 7) is 1.52. The zero-order valence-electron chi connectivity index (χ0n) is 13.3. The Bertz CT molecular complexity index is 858. The molecule has 1 spiro atoms. The number of anilines is 1. The van der Waals surface area contributed by atoms with Crippen LogP contribution in [-0.4, -0.2) is 59.4 Å². The molecule has 2 aromatic rings. The topological polar surface area (TPSA) is 98.9 Å². The summed E-state index contributed by atoms with van der Waals surface area (Å²) in [6, 6.07) is 6.57. The Morgan fingerprint density at radius 1 is 1.36 bits per heavy atom. The molecular formula is C16H15ClN4O4. The van der Waals surface area contributed by atoms with Crippen LogP contribution in [0, 0.1) is 0 Å². The number of carboxylic acid groups (broad SMARTS) is 1. The maximum atomic E-state index is 11.8. The fraction of sp³-hybridized carbons (Fsp3) is 0.312. The number of rotatable bonds is 3. The zero-order valence-corrected chi connectivity index (χ0v) is 14.1. The maximum absolute atomic E-state index is 11.8. The number of carbonyl (C=O) groups excluding carboxylic acids is 1. The Morgan fingerprint density at radius 3 is 2.60 bits per heavy atom. The van der Waals surface area contributed by atoms with Crippen molar-refractivity contribution in [3.8, 4) is 11.3 Å². The van der Waals surface area contributed by atoms with Gasteiger partial charge in [-0.2, -0.15) is 0 Å². The van der Waals surface area contributed by atoms with Gasteiger partial charge in [0.2, 0.25) is 0 Å². The van der Waals surface area contributed by atoms with Crippen LogP contribution in [0.1, 0.15) is 10.4 Å². The molecule has 2 saturated heterocycles. The molecule has 0 aliphatic carbocycles. The molecule has 8 nitrogen and oxygen atoms in total. The molecule has 2 fully saturated rings. The summed E-state index contributed by atoms with van der Waals surface area (Å²) in [5.41, 5.74) is 0.273. The average Bonchev–Trinajstić information content (AvgIpc) is 3.10. The largest absolute Gasteiger partial charge is 0.477 e. The second-order valence-electron chi connectivity index (χ2n) is 6.32. The number of benzene rings is 1. The first-order chi connectivity index (χ1) is 11.9. The minimum atomic E-state index is -1.11. The SMILES string of the molecule is CN1C(=O)NCC12CN(c1noc(-c3ccc(Cl)cc3)c1C(=O)O)C2. The van der Waals surface area contributed by atoms with E-state index < -0.39 is 5.97 Å². The predicted molar refractivity (Wildman–Crippen MR) is 90.0 cm³/mol. The molecule has 0 bridgehead atoms. The third-order valence-corrected chi connectivity index (χ3v) is 5.10. The number of aromatic carboxylic acids is 1. The van der Waals surface area contributed by atoms with Crippen molar-refractivity contribution in [3.05, 3.63) is 34.9 Å². The van der Waals surface area contributed by atoms with Crippen LogP contribution in [-0.2, 0) is 0 Å². The molecule has 2 N–H and O–H groups in total. The van der Waals surface area contributed by atoms with Crippen LogP contribution in [0.4, 0.5) is 10.6 Å². The average molecular weight is 363 g/mol. The predicted octanol–water partition coefficient (Wildman–Crippen LogP) is 1.91. The van der Waals surface area contributed by atoms with Gasteiger partial charge in [-0.1, -0.05) is 16.8 Å². The van der Waals surface area contributed by atoms with Gasteiger partial charge >= 0.3 is 12.0 Å². The van der Waals surface area contributed by atoms with Crippen molar-refractivity contribution in [2.24, 2.45) is 0 Å². The fourth-order valence-corrected chi connectivity index (χ4v) is 3.45. The smallest absolute Gasteiger partial charge is 0.343 e. The van der Waals surface area contributed by atoms with E-state index in [-0.39, 0.29) is 28.7 Å². The summed E-state index contributed by atoms with van der Waals surface area (Å²) >= 11 is 5.87. The third-order valence-electron chi connectivity index (χ3n) is 4.85. The molecular weight excluding hydrogens is 348 g/mol. The van der Waals surface area contributed by atoms with Crippen molar-refractivity contribution in [3.63, 3.8) is 0 Å². The number of likely N-dealkylation sites (N-methyl/N-ethyl adjacent to an activating group) is 1. The molecule has 0 unspecified atom stereocenters. The molecule has 2 amide bonds. The zero-order chi connectivity index (χ0) is 17.8. The van der Waals surface area contributed by atoms with Crippen LogP contribution in [0.15, 0.2) is 28.8 Å². The quantitative estimate of drug-likeness (QED) is 0.865. The maximum Gasteiger partial charge on any atom is 0.343 e. The highest BCUT2D eigenvalue weighted by atomic mass is 35.5. The fourth-order valence-electron chi connectivity index (χ4n) is 3.32. The van der Waals surface area contributed by atoms with Crippen molar-refractivity contribution in [1.82, 2.24) is 15.4 Å². The summed E-state index contributed by atoms with van der Waals surface area (Å²) in [5, 5.41) is 17.0. The number of aromatic nitrogens is 1. The number of halogens is 1. The number of nitrogens with zero attached hydrogens (tertiary/aromatic N) is 3. The summed E-state index contributed by atoms with van der Waals surface area (Å²) in [5.74, 6) is -0.652. The molecule has 0 atom stereocenters. The molecule has 4 rings (SSSR count). The molecule has 3 heterocycles. The second-order valence-corrected chi connectivity index (χ2v) is 6.76. The Labute approximate surface area is 147 Å². The number of urea groups is 1. The van der Waals surface area contributed by atoms with E-state index in [1.54, 1.807) is 36.2 Å². The van der Waals surface area contributed by atoms with E-state index in [0.717, 1.165) is 0 Å². The minimum Gasteiger partial charge on any atom is -0.477 e. The number of carboxylic acids is 1. The van der Waals surface area contributed by atoms with Crippen molar-refractivity contribution >= 4 is 29.4 Å². The highest BCUT2D eigenvalue weighted by molar-refractivity contribution is 6.30. The third kappa shape index (κ3) is 2.32. The van der Waals surface area contributed by atoms with Crippen molar-refractivity contribution in [2.45, 2.75) is 5.54 Å². The Balaban J connectivity index is 1.65. The molecule has 9 heteroatoms. The molecule has 1 aromatic carbocycles. The molecule has 2 aliphatic rings. The summed E-state index contributed by atoms with van der Waals surface area (Å²) < 4.78 is 5.33. The van der Waals surface area contributed by atoms with Gasteiger partial charge in [-0.15, -0.1) is 0 Å². The highest BCUT2D eigenvalue weighted by Gasteiger charge is 2.53. The molecule has 0 saturated carbocycles. The van der Waals surface area contributed by atoms with Crippen LogP contribution in [0.3, 0.4) is 0 Å². The van der Waals surface area contributed by atoms with E-state index in [9.17, 15) is 14.7 Å². The van der Waals surface area contributed by atoms with Crippen LogP contribution in [0.5, 0.6) is 0 Å². The monoisotopic (exact) mass is 362 g/mol. The van der Waals surface area contributed by atoms with E-state index in [0.29, 0.717) is 30.2 Å². The van der Waals surface area contributed by atoms with Crippen LogP contribution >= 0.6 is 11.6 Å². The van der Waals surface area contributed by atoms with Gasteiger partial charge in [0.15, 0.2) is 17.1 Å². The number of nitrogens with one attached hydrogen (secondary N) is 1. The van der Waals surface area contributed by atoms with Crippen molar-refractivity contribution < 1.29 is 19.2 Å². The minimum absolute atomic E-state index is 0.0112. The number of amides is 2. The Morgan fingerprint density at radius 2 is 2.04 bits per heavy atom. The number of carbonyl (C=O) groups is 2. The van der Waals surface area contributed by atoms with Gasteiger partial charge in [0.1, 0.15) is 0 Å². The van der Waals surface area contributed by atoms with Gasteiger partial charge in [-0.25, -0.2) is 9.59 Å². The normalized spacial score (nSPS) is 18.4. The molecule has 1 aromatic heterocycles. The molecule has 2 aliphatic heterocycles. The van der Waals surface area contributed by atoms with Gasteiger partial charge in [0.05, 0.1) is 5.54 Å². The van der Waals surface area contributed by atoms with Crippen molar-refractivity contribution in [2.75, 3.05) is 31.6 Å². The van der Waals surface area contributed by atoms with E-state index in [1.807, 2.05) is 4.90 Å². The van der Waals surface area contributed by atoms with Gasteiger partial charge in [0, 0.05) is 37.3 Å². The lowest BCUT2D eigenvalue weighted by molar-refractivity contribution is 0.0696. The van der Waals surface area contributed by atoms with E-state index >= 15 is 0 Å². The van der Waals surface area contributed by atoms with E-state index in [1.165, 1.54) is 0 Å². The number of hydrogen-bond donors (Lipinski definition) is 2. The molecule has 0 radical (unpaired) electrons. The lowest BCUT2D eigenvalue weighted by Gasteiger charge is -2.50. The lowest BCUT2D eigenvalue weighted by atomic mass is 9.89. The van der Waals surface area contributed by atoms with Crippen molar-refractivity contribution in [1.29, 1.82) is 0 Å². The molecule has 25 heavy (non-hydrogen) atoms. The van der Waals surface area contributed by atoms with Crippen LogP contribution in [0.2, 0.25) is 5.02 Å². The van der Waals surface area contributed by atoms with Gasteiger partial charge in [0.25, 0.3) is 0 Å². The standard InChI is InChI=1S/C16H15ClN4O4/c1-20-15(24)18-6-16(20)7-21(8-16)13-11(14(22)23)12(25-19-13)9-2-4-10(17)5-3-9/h2-5H,6-8H2,1H3,(H,18,24)(H,22,23). The first kappa shape index (κ1) is 15.8. The summed E-state index contributed by atoms with van der Waals surface area (Å²) in [7, 11) is 1.74. The Kier molecular flexibility index (Phi) is 3.40. The Hall–Kier alpha value is -2.74. The van der Waals surface area contributed by atoms with Crippen LogP contribution < -0.4 is 10.2 Å². The van der Waals surface area contributed by atoms with Gasteiger partial charge in [-0.3, -0.25) is 0 Å². The molecule has 130 valence electrons. The lowest BCUT2D eigenvalue weighted by Crippen LogP contribution is -2.69. The summed E-state index contributed by atoms with van der Waals surface area (Å²) in [4.78, 5) is 26.9. The second kappa shape index (κ2) is 5.38. The first-order valence-electron chi connectivity index (χ1n) is 7.67. The highest BCUT2D eigenvalue weighted by Crippen LogP contribution is 2.38. The van der Waals surface area contributed by atoms with Crippen LogP contribution in [0.25, 0.3) is 11.3 Å². The van der Waals surface area contributed by atoms with E-state index in [2.05, 4.69) is 10.5 Å². The van der Waals surface area contributed by atoms with E-state index in [4.69, 9.17) is 16.1 Å².